The number of benzene rings is 2. The fraction of sp³-hybridized carbons (Fsp3) is 0.278. The Morgan fingerprint density at radius 2 is 1.68 bits per heavy atom. The number of hydrogen-bond acceptors (Lipinski definition) is 3. The van der Waals surface area contributed by atoms with Crippen LogP contribution in [0.4, 0.5) is 0 Å². The third-order valence-corrected chi connectivity index (χ3v) is 3.50. The van der Waals surface area contributed by atoms with Crippen LogP contribution < -0.4 is 14.8 Å². The summed E-state index contributed by atoms with van der Waals surface area (Å²) in [6, 6.07) is 13.4. The maximum atomic E-state index is 11.8. The van der Waals surface area contributed by atoms with Crippen LogP contribution in [0.2, 0.25) is 0 Å². The van der Waals surface area contributed by atoms with E-state index < -0.39 is 0 Å². The molecule has 4 heteroatoms. The highest BCUT2D eigenvalue weighted by atomic mass is 16.5. The molecule has 0 aliphatic carbocycles. The van der Waals surface area contributed by atoms with E-state index in [2.05, 4.69) is 5.32 Å². The van der Waals surface area contributed by atoms with Crippen LogP contribution >= 0.6 is 0 Å². The van der Waals surface area contributed by atoms with Gasteiger partial charge in [0.2, 0.25) is 0 Å². The summed E-state index contributed by atoms with van der Waals surface area (Å²) in [5, 5.41) is 2.83. The van der Waals surface area contributed by atoms with Crippen LogP contribution in [0.1, 0.15) is 16.7 Å². The molecule has 0 aliphatic rings. The average molecular weight is 299 g/mol. The van der Waals surface area contributed by atoms with Crippen molar-refractivity contribution in [2.45, 2.75) is 20.4 Å². The molecule has 0 unspecified atom stereocenters. The number of amides is 1. The van der Waals surface area contributed by atoms with E-state index in [0.29, 0.717) is 12.3 Å². The first kappa shape index (κ1) is 15.9. The van der Waals surface area contributed by atoms with Gasteiger partial charge in [-0.2, -0.15) is 0 Å². The highest BCUT2D eigenvalue weighted by Gasteiger charge is 2.04. The maximum absolute atomic E-state index is 11.8. The normalized spacial score (nSPS) is 10.1. The summed E-state index contributed by atoms with van der Waals surface area (Å²) < 4.78 is 10.6. The van der Waals surface area contributed by atoms with E-state index in [0.717, 1.165) is 16.9 Å². The molecule has 0 spiro atoms. The molecule has 2 aromatic rings. The molecular weight excluding hydrogens is 278 g/mol. The molecule has 22 heavy (non-hydrogen) atoms. The minimum absolute atomic E-state index is 0.0126. The van der Waals surface area contributed by atoms with Gasteiger partial charge >= 0.3 is 0 Å². The number of methoxy groups -OCH3 is 1. The number of hydrogen-bond donors (Lipinski definition) is 1. The average Bonchev–Trinajstić information content (AvgIpc) is 2.54. The second kappa shape index (κ2) is 7.50. The largest absolute Gasteiger partial charge is 0.497 e. The molecule has 0 saturated heterocycles. The Kier molecular flexibility index (Phi) is 5.42. The molecule has 0 aliphatic heterocycles. The van der Waals surface area contributed by atoms with Gasteiger partial charge in [0.25, 0.3) is 5.91 Å². The molecule has 4 nitrogen and oxygen atoms in total. The smallest absolute Gasteiger partial charge is 0.258 e. The van der Waals surface area contributed by atoms with Gasteiger partial charge in [0.05, 0.1) is 7.11 Å². The monoisotopic (exact) mass is 299 g/mol. The van der Waals surface area contributed by atoms with Crippen molar-refractivity contribution in [3.05, 3.63) is 59.2 Å². The van der Waals surface area contributed by atoms with Gasteiger partial charge in [-0.3, -0.25) is 4.79 Å². The second-order valence-corrected chi connectivity index (χ2v) is 5.16. The summed E-state index contributed by atoms with van der Waals surface area (Å²) in [5.74, 6) is 1.37. The summed E-state index contributed by atoms with van der Waals surface area (Å²) in [6.07, 6.45) is 0. The standard InChI is InChI=1S/C18H21NO3/c1-13-4-7-17(10-14(13)2)22-12-18(20)19-11-15-5-8-16(21-3)9-6-15/h4-10H,11-12H2,1-3H3,(H,19,20). The molecule has 0 aromatic heterocycles. The van der Waals surface area contributed by atoms with Crippen molar-refractivity contribution in [3.63, 3.8) is 0 Å². The maximum Gasteiger partial charge on any atom is 0.258 e. The molecular formula is C18H21NO3. The Hall–Kier alpha value is -2.49. The minimum atomic E-state index is -0.144. The molecule has 0 fully saturated rings. The van der Waals surface area contributed by atoms with Crippen molar-refractivity contribution in [3.8, 4) is 11.5 Å². The van der Waals surface area contributed by atoms with E-state index in [9.17, 15) is 4.79 Å². The van der Waals surface area contributed by atoms with Gasteiger partial charge in [0.15, 0.2) is 6.61 Å². The number of nitrogens with one attached hydrogen (secondary N) is 1. The topological polar surface area (TPSA) is 47.6 Å². The Balaban J connectivity index is 1.78. The van der Waals surface area contributed by atoms with Crippen LogP contribution in [0.3, 0.4) is 0 Å². The number of aryl methyl sites for hydroxylation is 2. The molecule has 2 aromatic carbocycles. The summed E-state index contributed by atoms with van der Waals surface area (Å²) in [7, 11) is 1.63. The fourth-order valence-corrected chi connectivity index (χ4v) is 1.95. The highest BCUT2D eigenvalue weighted by Crippen LogP contribution is 2.16. The van der Waals surface area contributed by atoms with Crippen molar-refractivity contribution in [1.29, 1.82) is 0 Å². The molecule has 0 radical (unpaired) electrons. The van der Waals surface area contributed by atoms with Crippen molar-refractivity contribution < 1.29 is 14.3 Å². The summed E-state index contributed by atoms with van der Waals surface area (Å²) in [6.45, 7) is 4.55. The zero-order valence-corrected chi connectivity index (χ0v) is 13.2. The van der Waals surface area contributed by atoms with Crippen LogP contribution in [0.5, 0.6) is 11.5 Å². The van der Waals surface area contributed by atoms with E-state index in [1.54, 1.807) is 7.11 Å². The van der Waals surface area contributed by atoms with Crippen LogP contribution in [0.25, 0.3) is 0 Å². The number of rotatable bonds is 6. The molecule has 2 rings (SSSR count). The van der Waals surface area contributed by atoms with Crippen LogP contribution in [0.15, 0.2) is 42.5 Å². The van der Waals surface area contributed by atoms with E-state index in [4.69, 9.17) is 9.47 Å². The van der Waals surface area contributed by atoms with Crippen LogP contribution in [0, 0.1) is 13.8 Å². The summed E-state index contributed by atoms with van der Waals surface area (Å²) in [5.41, 5.74) is 3.37. The van der Waals surface area contributed by atoms with Crippen molar-refractivity contribution in [2.75, 3.05) is 13.7 Å². The molecule has 0 bridgehead atoms. The first-order chi connectivity index (χ1) is 10.6. The Bertz CT molecular complexity index is 635. The van der Waals surface area contributed by atoms with E-state index in [1.165, 1.54) is 5.56 Å². The first-order valence-corrected chi connectivity index (χ1v) is 7.18. The predicted molar refractivity (Wildman–Crippen MR) is 86.3 cm³/mol. The lowest BCUT2D eigenvalue weighted by molar-refractivity contribution is -0.123. The molecule has 0 heterocycles. The van der Waals surface area contributed by atoms with Crippen LogP contribution in [-0.4, -0.2) is 19.6 Å². The predicted octanol–water partition coefficient (Wildman–Crippen LogP) is 3.01. The van der Waals surface area contributed by atoms with E-state index in [1.807, 2.05) is 56.3 Å². The van der Waals surface area contributed by atoms with E-state index >= 15 is 0 Å². The van der Waals surface area contributed by atoms with Gasteiger partial charge in [-0.25, -0.2) is 0 Å². The van der Waals surface area contributed by atoms with Gasteiger partial charge in [0, 0.05) is 6.54 Å². The lowest BCUT2D eigenvalue weighted by atomic mass is 10.1. The van der Waals surface area contributed by atoms with Gasteiger partial charge in [-0.15, -0.1) is 0 Å². The highest BCUT2D eigenvalue weighted by molar-refractivity contribution is 5.77. The van der Waals surface area contributed by atoms with Gasteiger partial charge < -0.3 is 14.8 Å². The fourth-order valence-electron chi connectivity index (χ4n) is 1.95. The number of carbonyl (C=O) groups is 1. The zero-order chi connectivity index (χ0) is 15.9. The van der Waals surface area contributed by atoms with E-state index in [-0.39, 0.29) is 12.5 Å². The van der Waals surface area contributed by atoms with Crippen molar-refractivity contribution in [2.24, 2.45) is 0 Å². The molecule has 116 valence electrons. The molecule has 0 saturated carbocycles. The van der Waals surface area contributed by atoms with Crippen LogP contribution in [-0.2, 0) is 11.3 Å². The van der Waals surface area contributed by atoms with Gasteiger partial charge in [-0.1, -0.05) is 18.2 Å². The molecule has 1 N–H and O–H groups in total. The zero-order valence-electron chi connectivity index (χ0n) is 13.2. The quantitative estimate of drug-likeness (QED) is 0.892. The SMILES string of the molecule is COc1ccc(CNC(=O)COc2ccc(C)c(C)c2)cc1. The second-order valence-electron chi connectivity index (χ2n) is 5.16. The Labute approximate surface area is 131 Å². The molecule has 0 atom stereocenters. The Morgan fingerprint density at radius 1 is 1.00 bits per heavy atom. The van der Waals surface area contributed by atoms with Gasteiger partial charge in [-0.05, 0) is 54.8 Å². The summed E-state index contributed by atoms with van der Waals surface area (Å²) >= 11 is 0. The lowest BCUT2D eigenvalue weighted by Crippen LogP contribution is -2.28. The lowest BCUT2D eigenvalue weighted by Gasteiger charge is -2.09. The van der Waals surface area contributed by atoms with Crippen molar-refractivity contribution >= 4 is 5.91 Å². The minimum Gasteiger partial charge on any atom is -0.497 e. The third kappa shape index (κ3) is 4.52. The Morgan fingerprint density at radius 3 is 2.32 bits per heavy atom. The van der Waals surface area contributed by atoms with Crippen molar-refractivity contribution in [1.82, 2.24) is 5.32 Å². The summed E-state index contributed by atoms with van der Waals surface area (Å²) in [4.78, 5) is 11.8. The first-order valence-electron chi connectivity index (χ1n) is 7.18. The number of ether oxygens (including phenoxy) is 2. The third-order valence-electron chi connectivity index (χ3n) is 3.50. The molecule has 1 amide bonds. The number of carbonyl (C=O) groups excluding carboxylic acids is 1. The van der Waals surface area contributed by atoms with Gasteiger partial charge in [0.1, 0.15) is 11.5 Å².